The fourth-order valence-electron chi connectivity index (χ4n) is 1.67. The van der Waals surface area contributed by atoms with Crippen molar-refractivity contribution in [2.75, 3.05) is 20.4 Å². The van der Waals surface area contributed by atoms with Crippen molar-refractivity contribution in [3.05, 3.63) is 29.3 Å². The maximum absolute atomic E-state index is 12.1. The van der Waals surface area contributed by atoms with Crippen LogP contribution in [0.25, 0.3) is 0 Å². The fourth-order valence-corrected chi connectivity index (χ4v) is 3.34. The molecule has 0 aliphatic rings. The first kappa shape index (κ1) is 14.6. The van der Waals surface area contributed by atoms with Crippen LogP contribution in [0.3, 0.4) is 0 Å². The molecule has 1 rings (SSSR count). The summed E-state index contributed by atoms with van der Waals surface area (Å²) in [5.74, 6) is 1.15. The number of methoxy groups -OCH3 is 1. The highest BCUT2D eigenvalue weighted by atomic mass is 35.5. The zero-order valence-corrected chi connectivity index (χ0v) is 12.1. The van der Waals surface area contributed by atoms with E-state index in [1.807, 2.05) is 25.1 Å². The second-order valence-corrected chi connectivity index (χ2v) is 6.74. The van der Waals surface area contributed by atoms with Gasteiger partial charge in [-0.05, 0) is 18.6 Å². The number of rotatable bonds is 6. The van der Waals surface area contributed by atoms with Crippen LogP contribution in [-0.2, 0) is 21.1 Å². The highest BCUT2D eigenvalue weighted by Crippen LogP contribution is 2.47. The second kappa shape index (κ2) is 6.44. The Balaban J connectivity index is 2.98. The summed E-state index contributed by atoms with van der Waals surface area (Å²) in [5.41, 5.74) is 1.86. The topological polar surface area (TPSA) is 35.5 Å². The van der Waals surface area contributed by atoms with Crippen LogP contribution in [0.4, 0.5) is 0 Å². The SMILES string of the molecule is CCOP(C)(=O)Cc1cc(CCl)ccc1OC. The van der Waals surface area contributed by atoms with Gasteiger partial charge >= 0.3 is 0 Å². The molecular formula is C12H18ClO3P. The van der Waals surface area contributed by atoms with Crippen molar-refractivity contribution in [3.63, 3.8) is 0 Å². The Bertz CT molecular complexity index is 420. The van der Waals surface area contributed by atoms with Gasteiger partial charge in [-0.1, -0.05) is 12.1 Å². The molecular weight excluding hydrogens is 259 g/mol. The number of alkyl halides is 1. The summed E-state index contributed by atoms with van der Waals surface area (Å²) in [6.45, 7) is 3.93. The summed E-state index contributed by atoms with van der Waals surface area (Å²) in [6, 6.07) is 5.66. The average molecular weight is 277 g/mol. The third kappa shape index (κ3) is 4.34. The highest BCUT2D eigenvalue weighted by molar-refractivity contribution is 7.57. The Morgan fingerprint density at radius 3 is 2.65 bits per heavy atom. The number of halogens is 1. The van der Waals surface area contributed by atoms with Crippen LogP contribution in [0.1, 0.15) is 18.1 Å². The molecule has 96 valence electrons. The third-order valence-corrected chi connectivity index (χ3v) is 4.39. The normalized spacial score (nSPS) is 14.4. The molecule has 1 unspecified atom stereocenters. The number of benzene rings is 1. The summed E-state index contributed by atoms with van der Waals surface area (Å²) in [4.78, 5) is 0. The molecule has 0 saturated heterocycles. The predicted molar refractivity (Wildman–Crippen MR) is 71.4 cm³/mol. The molecule has 0 bridgehead atoms. The van der Waals surface area contributed by atoms with Gasteiger partial charge in [0.1, 0.15) is 5.75 Å². The van der Waals surface area contributed by atoms with Gasteiger partial charge in [0.25, 0.3) is 0 Å². The average Bonchev–Trinajstić information content (AvgIpc) is 2.28. The minimum Gasteiger partial charge on any atom is -0.496 e. The Morgan fingerprint density at radius 2 is 2.12 bits per heavy atom. The molecule has 17 heavy (non-hydrogen) atoms. The first-order valence-electron chi connectivity index (χ1n) is 5.45. The Kier molecular flexibility index (Phi) is 5.51. The van der Waals surface area contributed by atoms with Crippen molar-refractivity contribution < 1.29 is 13.8 Å². The summed E-state index contributed by atoms with van der Waals surface area (Å²) in [5, 5.41) is 0. The molecule has 0 saturated carbocycles. The lowest BCUT2D eigenvalue weighted by atomic mass is 10.1. The van der Waals surface area contributed by atoms with E-state index in [1.54, 1.807) is 13.8 Å². The molecule has 0 heterocycles. The number of hydrogen-bond donors (Lipinski definition) is 0. The van der Waals surface area contributed by atoms with E-state index in [4.69, 9.17) is 20.9 Å². The molecule has 0 aliphatic heterocycles. The van der Waals surface area contributed by atoms with E-state index < -0.39 is 7.37 Å². The summed E-state index contributed by atoms with van der Waals surface area (Å²) in [6.07, 6.45) is 0.370. The molecule has 0 aliphatic carbocycles. The van der Waals surface area contributed by atoms with Crippen molar-refractivity contribution >= 4 is 19.0 Å². The van der Waals surface area contributed by atoms with Gasteiger partial charge in [0, 0.05) is 18.1 Å². The van der Waals surface area contributed by atoms with E-state index in [9.17, 15) is 4.57 Å². The molecule has 3 nitrogen and oxygen atoms in total. The highest BCUT2D eigenvalue weighted by Gasteiger charge is 2.18. The lowest BCUT2D eigenvalue weighted by Gasteiger charge is -2.15. The van der Waals surface area contributed by atoms with E-state index in [0.29, 0.717) is 18.6 Å². The van der Waals surface area contributed by atoms with Gasteiger partial charge in [-0.25, -0.2) is 0 Å². The minimum absolute atomic E-state index is 0.370. The Hall–Kier alpha value is -0.500. The first-order valence-corrected chi connectivity index (χ1v) is 8.24. The van der Waals surface area contributed by atoms with E-state index in [2.05, 4.69) is 0 Å². The van der Waals surface area contributed by atoms with Crippen molar-refractivity contribution in [2.45, 2.75) is 19.0 Å². The summed E-state index contributed by atoms with van der Waals surface area (Å²) < 4.78 is 22.7. The smallest absolute Gasteiger partial charge is 0.204 e. The first-order chi connectivity index (χ1) is 8.02. The van der Waals surface area contributed by atoms with Gasteiger partial charge in [0.05, 0.1) is 19.9 Å². The van der Waals surface area contributed by atoms with Crippen LogP contribution >= 0.6 is 19.0 Å². The summed E-state index contributed by atoms with van der Waals surface area (Å²) >= 11 is 5.79. The van der Waals surface area contributed by atoms with Crippen LogP contribution in [0.2, 0.25) is 0 Å². The van der Waals surface area contributed by atoms with E-state index in [-0.39, 0.29) is 0 Å². The Morgan fingerprint density at radius 1 is 1.41 bits per heavy atom. The van der Waals surface area contributed by atoms with E-state index in [0.717, 1.165) is 16.9 Å². The van der Waals surface area contributed by atoms with Crippen molar-refractivity contribution in [3.8, 4) is 5.75 Å². The van der Waals surface area contributed by atoms with Crippen LogP contribution in [0, 0.1) is 0 Å². The van der Waals surface area contributed by atoms with Gasteiger partial charge < -0.3 is 9.26 Å². The molecule has 0 fully saturated rings. The molecule has 1 aromatic carbocycles. The molecule has 0 amide bonds. The minimum atomic E-state index is -2.61. The number of hydrogen-bond acceptors (Lipinski definition) is 3. The molecule has 0 N–H and O–H groups in total. The Labute approximate surface area is 108 Å². The third-order valence-electron chi connectivity index (χ3n) is 2.36. The van der Waals surface area contributed by atoms with Crippen molar-refractivity contribution in [1.29, 1.82) is 0 Å². The van der Waals surface area contributed by atoms with Gasteiger partial charge in [-0.3, -0.25) is 4.57 Å². The quantitative estimate of drug-likeness (QED) is 0.584. The van der Waals surface area contributed by atoms with Crippen molar-refractivity contribution in [2.24, 2.45) is 0 Å². The van der Waals surface area contributed by atoms with E-state index >= 15 is 0 Å². The largest absolute Gasteiger partial charge is 0.496 e. The maximum Gasteiger partial charge on any atom is 0.204 e. The van der Waals surface area contributed by atoms with Gasteiger partial charge in [-0.15, -0.1) is 11.6 Å². The summed E-state index contributed by atoms with van der Waals surface area (Å²) in [7, 11) is -1.01. The molecule has 5 heteroatoms. The zero-order chi connectivity index (χ0) is 12.9. The second-order valence-electron chi connectivity index (χ2n) is 3.87. The maximum atomic E-state index is 12.1. The zero-order valence-electron chi connectivity index (χ0n) is 10.4. The lowest BCUT2D eigenvalue weighted by molar-refractivity contribution is 0.335. The molecule has 0 radical (unpaired) electrons. The van der Waals surface area contributed by atoms with Crippen LogP contribution in [0.15, 0.2) is 18.2 Å². The van der Waals surface area contributed by atoms with Gasteiger partial charge in [0.2, 0.25) is 7.37 Å². The van der Waals surface area contributed by atoms with Crippen molar-refractivity contribution in [1.82, 2.24) is 0 Å². The van der Waals surface area contributed by atoms with Gasteiger partial charge in [0.15, 0.2) is 0 Å². The molecule has 0 spiro atoms. The van der Waals surface area contributed by atoms with Crippen LogP contribution in [0.5, 0.6) is 5.75 Å². The standard InChI is InChI=1S/C12H18ClO3P/c1-4-16-17(3,14)9-11-7-10(8-13)5-6-12(11)15-2/h5-7H,4,8-9H2,1-3H3. The van der Waals surface area contributed by atoms with E-state index in [1.165, 1.54) is 0 Å². The number of ether oxygens (including phenoxy) is 1. The molecule has 1 aromatic rings. The fraction of sp³-hybridized carbons (Fsp3) is 0.500. The molecule has 0 aromatic heterocycles. The van der Waals surface area contributed by atoms with Gasteiger partial charge in [-0.2, -0.15) is 0 Å². The van der Waals surface area contributed by atoms with Crippen LogP contribution < -0.4 is 4.74 Å². The molecule has 1 atom stereocenters. The predicted octanol–water partition coefficient (Wildman–Crippen LogP) is 3.88. The lowest BCUT2D eigenvalue weighted by Crippen LogP contribution is -1.97. The van der Waals surface area contributed by atoms with Crippen LogP contribution in [-0.4, -0.2) is 20.4 Å². The monoisotopic (exact) mass is 276 g/mol.